The van der Waals surface area contributed by atoms with Crippen molar-refractivity contribution in [2.24, 2.45) is 5.92 Å². The molecule has 4 nitrogen and oxygen atoms in total. The largest absolute Gasteiger partial charge is 0.380 e. The van der Waals surface area contributed by atoms with Crippen LogP contribution in [0.3, 0.4) is 0 Å². The molecule has 0 amide bonds. The summed E-state index contributed by atoms with van der Waals surface area (Å²) in [6, 6.07) is 8.34. The van der Waals surface area contributed by atoms with Gasteiger partial charge in [0, 0.05) is 30.0 Å². The third-order valence-corrected chi connectivity index (χ3v) is 5.02. The van der Waals surface area contributed by atoms with E-state index in [0.29, 0.717) is 12.0 Å². The molecule has 4 rings (SSSR count). The maximum absolute atomic E-state index is 4.51. The normalized spacial score (nSPS) is 20.0. The summed E-state index contributed by atoms with van der Waals surface area (Å²) in [7, 11) is 0. The molecule has 1 saturated carbocycles. The molecular formula is C21H22N4. The summed E-state index contributed by atoms with van der Waals surface area (Å²) in [6.07, 6.45) is 10.7. The smallest absolute Gasteiger partial charge is 0.139 e. The van der Waals surface area contributed by atoms with Crippen LogP contribution in [0.15, 0.2) is 42.9 Å². The lowest BCUT2D eigenvalue weighted by Gasteiger charge is -2.31. The zero-order valence-electron chi connectivity index (χ0n) is 14.4. The van der Waals surface area contributed by atoms with Gasteiger partial charge in [0.15, 0.2) is 0 Å². The van der Waals surface area contributed by atoms with Gasteiger partial charge in [-0.1, -0.05) is 31.8 Å². The van der Waals surface area contributed by atoms with E-state index >= 15 is 0 Å². The van der Waals surface area contributed by atoms with Crippen LogP contribution in [0, 0.1) is 17.8 Å². The minimum Gasteiger partial charge on any atom is -0.380 e. The highest BCUT2D eigenvalue weighted by Crippen LogP contribution is 2.31. The summed E-state index contributed by atoms with van der Waals surface area (Å²) in [5.74, 6) is 7.09. The highest BCUT2D eigenvalue weighted by Gasteiger charge is 2.22. The number of anilines is 1. The topological polar surface area (TPSA) is 53.6 Å². The van der Waals surface area contributed by atoms with Crippen LogP contribution >= 0.6 is 0 Å². The number of rotatable bonds is 2. The van der Waals surface area contributed by atoms with E-state index in [4.69, 9.17) is 0 Å². The fraction of sp³-hybridized carbons (Fsp3) is 0.333. The Labute approximate surface area is 148 Å². The fourth-order valence-corrected chi connectivity index (χ4v) is 3.54. The third-order valence-electron chi connectivity index (χ3n) is 5.02. The molecule has 1 aliphatic rings. The SMILES string of the molecule is CC1CCCCC1Nc1c(C#Cc2ccccn2)cnc2[nH]ccc12. The summed E-state index contributed by atoms with van der Waals surface area (Å²) in [5.41, 5.74) is 3.69. The van der Waals surface area contributed by atoms with Crippen molar-refractivity contribution in [2.45, 2.75) is 38.6 Å². The molecule has 2 atom stereocenters. The molecule has 0 bridgehead atoms. The molecular weight excluding hydrogens is 308 g/mol. The number of hydrogen-bond donors (Lipinski definition) is 2. The predicted molar refractivity (Wildman–Crippen MR) is 101 cm³/mol. The molecule has 0 aromatic carbocycles. The van der Waals surface area contributed by atoms with E-state index in [1.54, 1.807) is 6.20 Å². The maximum Gasteiger partial charge on any atom is 0.139 e. The van der Waals surface area contributed by atoms with Crippen LogP contribution in [-0.4, -0.2) is 21.0 Å². The number of pyridine rings is 2. The van der Waals surface area contributed by atoms with Crippen molar-refractivity contribution in [3.05, 3.63) is 54.1 Å². The van der Waals surface area contributed by atoms with Crippen molar-refractivity contribution >= 4 is 16.7 Å². The molecule has 3 aromatic heterocycles. The quantitative estimate of drug-likeness (QED) is 0.687. The van der Waals surface area contributed by atoms with Gasteiger partial charge in [0.25, 0.3) is 0 Å². The number of H-pyrrole nitrogens is 1. The molecule has 1 aliphatic carbocycles. The van der Waals surface area contributed by atoms with E-state index in [2.05, 4.69) is 45.1 Å². The second kappa shape index (κ2) is 6.98. The van der Waals surface area contributed by atoms with Crippen LogP contribution in [0.1, 0.15) is 43.9 Å². The molecule has 2 unspecified atom stereocenters. The van der Waals surface area contributed by atoms with E-state index < -0.39 is 0 Å². The van der Waals surface area contributed by atoms with Crippen molar-refractivity contribution in [3.8, 4) is 11.8 Å². The zero-order chi connectivity index (χ0) is 17.1. The van der Waals surface area contributed by atoms with Gasteiger partial charge >= 0.3 is 0 Å². The first-order valence-electron chi connectivity index (χ1n) is 8.97. The van der Waals surface area contributed by atoms with Gasteiger partial charge in [-0.2, -0.15) is 0 Å². The number of fused-ring (bicyclic) bond motifs is 1. The number of hydrogen-bond acceptors (Lipinski definition) is 3. The molecule has 3 heterocycles. The van der Waals surface area contributed by atoms with Crippen LogP contribution in [0.5, 0.6) is 0 Å². The summed E-state index contributed by atoms with van der Waals surface area (Å²) >= 11 is 0. The highest BCUT2D eigenvalue weighted by atomic mass is 15.0. The zero-order valence-corrected chi connectivity index (χ0v) is 14.4. The molecule has 2 N–H and O–H groups in total. The minimum absolute atomic E-state index is 0.490. The Morgan fingerprint density at radius 2 is 2.04 bits per heavy atom. The van der Waals surface area contributed by atoms with E-state index in [9.17, 15) is 0 Å². The first-order valence-corrected chi connectivity index (χ1v) is 8.97. The summed E-state index contributed by atoms with van der Waals surface area (Å²) in [6.45, 7) is 2.34. The van der Waals surface area contributed by atoms with Crippen molar-refractivity contribution in [1.29, 1.82) is 0 Å². The average Bonchev–Trinajstić information content (AvgIpc) is 3.13. The van der Waals surface area contributed by atoms with Crippen LogP contribution in [0.4, 0.5) is 5.69 Å². The molecule has 126 valence electrons. The lowest BCUT2D eigenvalue weighted by Crippen LogP contribution is -2.30. The van der Waals surface area contributed by atoms with Crippen molar-refractivity contribution in [3.63, 3.8) is 0 Å². The molecule has 4 heteroatoms. The lowest BCUT2D eigenvalue weighted by molar-refractivity contribution is 0.349. The first kappa shape index (κ1) is 15.7. The Bertz CT molecular complexity index is 917. The minimum atomic E-state index is 0.490. The number of aromatic amines is 1. The van der Waals surface area contributed by atoms with Crippen molar-refractivity contribution < 1.29 is 0 Å². The van der Waals surface area contributed by atoms with Crippen LogP contribution in [-0.2, 0) is 0 Å². The number of aromatic nitrogens is 3. The fourth-order valence-electron chi connectivity index (χ4n) is 3.54. The van der Waals surface area contributed by atoms with Gasteiger partial charge in [0.05, 0.1) is 11.3 Å². The van der Waals surface area contributed by atoms with Crippen molar-refractivity contribution in [2.75, 3.05) is 5.32 Å². The summed E-state index contributed by atoms with van der Waals surface area (Å²) in [4.78, 5) is 12.0. The van der Waals surface area contributed by atoms with E-state index in [1.165, 1.54) is 25.7 Å². The summed E-state index contributed by atoms with van der Waals surface area (Å²) in [5, 5.41) is 4.88. The van der Waals surface area contributed by atoms with Gasteiger partial charge in [-0.3, -0.25) is 0 Å². The highest BCUT2D eigenvalue weighted by molar-refractivity contribution is 5.92. The van der Waals surface area contributed by atoms with Crippen LogP contribution < -0.4 is 5.32 Å². The number of nitrogens with zero attached hydrogens (tertiary/aromatic N) is 2. The van der Waals surface area contributed by atoms with Gasteiger partial charge in [0.2, 0.25) is 0 Å². The average molecular weight is 330 g/mol. The Hall–Kier alpha value is -2.80. The molecule has 3 aromatic rings. The Kier molecular flexibility index (Phi) is 4.39. The molecule has 0 radical (unpaired) electrons. The van der Waals surface area contributed by atoms with Gasteiger partial charge in [0.1, 0.15) is 11.3 Å². The van der Waals surface area contributed by atoms with Gasteiger partial charge < -0.3 is 10.3 Å². The second-order valence-electron chi connectivity index (χ2n) is 6.76. The molecule has 25 heavy (non-hydrogen) atoms. The van der Waals surface area contributed by atoms with Gasteiger partial charge in [-0.25, -0.2) is 9.97 Å². The van der Waals surface area contributed by atoms with E-state index in [1.807, 2.05) is 30.6 Å². The summed E-state index contributed by atoms with van der Waals surface area (Å²) < 4.78 is 0. The Balaban J connectivity index is 1.72. The van der Waals surface area contributed by atoms with Crippen LogP contribution in [0.2, 0.25) is 0 Å². The molecule has 0 aliphatic heterocycles. The van der Waals surface area contributed by atoms with Gasteiger partial charge in [-0.15, -0.1) is 0 Å². The van der Waals surface area contributed by atoms with Crippen LogP contribution in [0.25, 0.3) is 11.0 Å². The standard InChI is InChI=1S/C21H22N4/c1-15-6-2-3-8-19(15)25-20-16(9-10-17-7-4-5-12-22-17)14-24-21-18(20)11-13-23-21/h4-5,7,11-15,19H,2-3,6,8H2,1H3,(H2,23,24,25). The van der Waals surface area contributed by atoms with Crippen molar-refractivity contribution in [1.82, 2.24) is 15.0 Å². The molecule has 0 spiro atoms. The Morgan fingerprint density at radius 1 is 1.12 bits per heavy atom. The van der Waals surface area contributed by atoms with Gasteiger partial charge in [-0.05, 0) is 42.9 Å². The lowest BCUT2D eigenvalue weighted by atomic mass is 9.85. The second-order valence-corrected chi connectivity index (χ2v) is 6.76. The molecule has 0 saturated heterocycles. The predicted octanol–water partition coefficient (Wildman–Crippen LogP) is 4.35. The monoisotopic (exact) mass is 330 g/mol. The van der Waals surface area contributed by atoms with E-state index in [-0.39, 0.29) is 0 Å². The first-order chi connectivity index (χ1) is 12.3. The Morgan fingerprint density at radius 3 is 2.88 bits per heavy atom. The van der Waals surface area contributed by atoms with E-state index in [0.717, 1.165) is 28.0 Å². The third kappa shape index (κ3) is 3.36. The number of nitrogens with one attached hydrogen (secondary N) is 2. The molecule has 1 fully saturated rings. The maximum atomic E-state index is 4.51.